The van der Waals surface area contributed by atoms with Gasteiger partial charge < -0.3 is 18.8 Å². The summed E-state index contributed by atoms with van der Waals surface area (Å²) >= 11 is 1.24. The zero-order chi connectivity index (χ0) is 21.3. The van der Waals surface area contributed by atoms with Crippen LogP contribution in [0.25, 0.3) is 10.2 Å². The van der Waals surface area contributed by atoms with E-state index in [1.807, 2.05) is 10.6 Å². The predicted octanol–water partition coefficient (Wildman–Crippen LogP) is 2.02. The zero-order valence-corrected chi connectivity index (χ0v) is 18.0. The number of ether oxygens (including phenoxy) is 3. The van der Waals surface area contributed by atoms with Crippen LogP contribution in [0, 0.1) is 0 Å². The van der Waals surface area contributed by atoms with Crippen molar-refractivity contribution in [2.75, 3.05) is 26.6 Å². The highest BCUT2D eigenvalue weighted by Gasteiger charge is 2.27. The van der Waals surface area contributed by atoms with E-state index in [0.29, 0.717) is 34.2 Å². The third kappa shape index (κ3) is 4.11. The molecule has 0 saturated heterocycles. The van der Waals surface area contributed by atoms with Gasteiger partial charge in [0, 0.05) is 19.9 Å². The number of sulfone groups is 1. The Kier molecular flexibility index (Phi) is 5.63. The van der Waals surface area contributed by atoms with Crippen LogP contribution in [0.1, 0.15) is 0 Å². The summed E-state index contributed by atoms with van der Waals surface area (Å²) in [5.41, 5.74) is 0.780. The fraction of sp³-hybridized carbons (Fsp3) is 0.300. The van der Waals surface area contributed by atoms with Crippen LogP contribution in [0.4, 0.5) is 0 Å². The summed E-state index contributed by atoms with van der Waals surface area (Å²) in [6, 6.07) is 12.0. The van der Waals surface area contributed by atoms with Crippen LogP contribution in [0.15, 0.2) is 52.4 Å². The molecule has 2 aromatic carbocycles. The minimum atomic E-state index is -3.34. The molecule has 2 heterocycles. The Morgan fingerprint density at radius 3 is 2.77 bits per heavy atom. The van der Waals surface area contributed by atoms with Crippen LogP contribution in [0.3, 0.4) is 0 Å². The number of carbonyl (C=O) groups excluding carboxylic acids is 1. The Bertz CT molecular complexity index is 1280. The number of amides is 1. The Hall–Kier alpha value is -2.69. The molecule has 0 radical (unpaired) electrons. The van der Waals surface area contributed by atoms with Crippen molar-refractivity contribution in [1.82, 2.24) is 4.57 Å². The largest absolute Gasteiger partial charge is 0.485 e. The molecular weight excluding hydrogens is 428 g/mol. The highest BCUT2D eigenvalue weighted by Crippen LogP contribution is 2.31. The number of hydrogen-bond donors (Lipinski definition) is 0. The van der Waals surface area contributed by atoms with Crippen LogP contribution in [-0.4, -0.2) is 51.6 Å². The van der Waals surface area contributed by atoms with Gasteiger partial charge in [-0.3, -0.25) is 4.79 Å². The molecule has 1 atom stereocenters. The highest BCUT2D eigenvalue weighted by molar-refractivity contribution is 7.90. The summed E-state index contributed by atoms with van der Waals surface area (Å²) in [7, 11) is -1.76. The first-order chi connectivity index (χ1) is 14.4. The van der Waals surface area contributed by atoms with Gasteiger partial charge in [-0.25, -0.2) is 8.42 Å². The van der Waals surface area contributed by atoms with Gasteiger partial charge in [-0.2, -0.15) is 4.99 Å². The second-order valence-corrected chi connectivity index (χ2v) is 9.77. The number of nitrogens with zero attached hydrogens (tertiary/aromatic N) is 2. The number of thiazole rings is 1. The molecule has 10 heteroatoms. The molecule has 1 aromatic heterocycles. The van der Waals surface area contributed by atoms with E-state index in [4.69, 9.17) is 14.2 Å². The molecule has 0 N–H and O–H groups in total. The average Bonchev–Trinajstić information content (AvgIpc) is 3.07. The maximum Gasteiger partial charge on any atom is 0.292 e. The minimum absolute atomic E-state index is 0.0700. The SMILES string of the molecule is COCCn1c(=NC(=O)C2COc3ccccc3O2)sc2cc(S(C)(=O)=O)ccc21. The van der Waals surface area contributed by atoms with Crippen molar-refractivity contribution in [2.45, 2.75) is 17.5 Å². The Labute approximate surface area is 177 Å². The van der Waals surface area contributed by atoms with Gasteiger partial charge >= 0.3 is 0 Å². The molecule has 0 aliphatic carbocycles. The second-order valence-electron chi connectivity index (χ2n) is 6.75. The molecule has 30 heavy (non-hydrogen) atoms. The summed E-state index contributed by atoms with van der Waals surface area (Å²) in [6.07, 6.45) is 0.306. The predicted molar refractivity (Wildman–Crippen MR) is 112 cm³/mol. The minimum Gasteiger partial charge on any atom is -0.485 e. The van der Waals surface area contributed by atoms with Crippen LogP contribution < -0.4 is 14.3 Å². The summed E-state index contributed by atoms with van der Waals surface area (Å²) in [4.78, 5) is 17.7. The first-order valence-electron chi connectivity index (χ1n) is 9.16. The Morgan fingerprint density at radius 2 is 2.03 bits per heavy atom. The lowest BCUT2D eigenvalue weighted by Crippen LogP contribution is -2.37. The van der Waals surface area contributed by atoms with Gasteiger partial charge in [-0.15, -0.1) is 0 Å². The summed E-state index contributed by atoms with van der Waals surface area (Å²) in [5.74, 6) is 0.621. The van der Waals surface area contributed by atoms with Crippen LogP contribution in [0.5, 0.6) is 11.5 Å². The summed E-state index contributed by atoms with van der Waals surface area (Å²) in [6.45, 7) is 0.948. The first-order valence-corrected chi connectivity index (χ1v) is 11.9. The lowest BCUT2D eigenvalue weighted by atomic mass is 10.2. The van der Waals surface area contributed by atoms with Crippen LogP contribution in [-0.2, 0) is 25.9 Å². The molecule has 3 aromatic rings. The lowest BCUT2D eigenvalue weighted by Gasteiger charge is -2.23. The second kappa shape index (κ2) is 8.21. The van der Waals surface area contributed by atoms with Crippen molar-refractivity contribution in [1.29, 1.82) is 0 Å². The molecule has 0 spiro atoms. The van der Waals surface area contributed by atoms with Gasteiger partial charge in [0.1, 0.15) is 6.61 Å². The molecule has 1 aliphatic rings. The molecule has 1 aliphatic heterocycles. The van der Waals surface area contributed by atoms with Crippen LogP contribution >= 0.6 is 11.3 Å². The lowest BCUT2D eigenvalue weighted by molar-refractivity contribution is -0.127. The highest BCUT2D eigenvalue weighted by atomic mass is 32.2. The number of fused-ring (bicyclic) bond motifs is 2. The number of rotatable bonds is 5. The number of hydrogen-bond acceptors (Lipinski definition) is 7. The summed E-state index contributed by atoms with van der Waals surface area (Å²) in [5, 5.41) is 0. The van der Waals surface area contributed by atoms with E-state index in [-0.39, 0.29) is 11.5 Å². The van der Waals surface area contributed by atoms with E-state index >= 15 is 0 Å². The quantitative estimate of drug-likeness (QED) is 0.593. The number of methoxy groups -OCH3 is 1. The Morgan fingerprint density at radius 1 is 1.27 bits per heavy atom. The van der Waals surface area contributed by atoms with E-state index in [2.05, 4.69) is 4.99 Å². The molecule has 0 fully saturated rings. The standard InChI is InChI=1S/C20H20N2O6S2/c1-26-10-9-22-14-8-7-13(30(2,24)25)11-18(14)29-20(22)21-19(23)17-12-27-15-5-3-4-6-16(15)28-17/h3-8,11,17H,9-10,12H2,1-2H3. The molecule has 0 bridgehead atoms. The third-order valence-electron chi connectivity index (χ3n) is 4.59. The van der Waals surface area contributed by atoms with Crippen molar-refractivity contribution in [2.24, 2.45) is 4.99 Å². The van der Waals surface area contributed by atoms with Gasteiger partial charge in [0.15, 0.2) is 26.1 Å². The topological polar surface area (TPSA) is 96.2 Å². The molecule has 1 unspecified atom stereocenters. The fourth-order valence-electron chi connectivity index (χ4n) is 3.08. The van der Waals surface area contributed by atoms with Gasteiger partial charge in [-0.05, 0) is 30.3 Å². The monoisotopic (exact) mass is 448 g/mol. The molecular formula is C20H20N2O6S2. The summed E-state index contributed by atoms with van der Waals surface area (Å²) < 4.78 is 42.9. The first kappa shape index (κ1) is 20.6. The van der Waals surface area contributed by atoms with E-state index in [1.165, 1.54) is 11.3 Å². The number of benzene rings is 2. The number of para-hydroxylation sites is 2. The van der Waals surface area contributed by atoms with E-state index in [0.717, 1.165) is 11.8 Å². The van der Waals surface area contributed by atoms with Crippen molar-refractivity contribution in [3.05, 3.63) is 47.3 Å². The maximum absolute atomic E-state index is 12.8. The van der Waals surface area contributed by atoms with Gasteiger partial charge in [0.05, 0.1) is 21.7 Å². The number of carbonyl (C=O) groups is 1. The van der Waals surface area contributed by atoms with E-state index in [9.17, 15) is 13.2 Å². The van der Waals surface area contributed by atoms with Crippen molar-refractivity contribution in [3.8, 4) is 11.5 Å². The number of aromatic nitrogens is 1. The van der Waals surface area contributed by atoms with Crippen molar-refractivity contribution >= 4 is 37.3 Å². The smallest absolute Gasteiger partial charge is 0.292 e. The normalized spacial score (nSPS) is 16.7. The maximum atomic E-state index is 12.8. The Balaban J connectivity index is 1.73. The molecule has 158 valence electrons. The third-order valence-corrected chi connectivity index (χ3v) is 6.74. The molecule has 1 amide bonds. The van der Waals surface area contributed by atoms with Crippen LogP contribution in [0.2, 0.25) is 0 Å². The van der Waals surface area contributed by atoms with E-state index in [1.54, 1.807) is 43.5 Å². The molecule has 8 nitrogen and oxygen atoms in total. The molecule has 0 saturated carbocycles. The average molecular weight is 449 g/mol. The van der Waals surface area contributed by atoms with Gasteiger partial charge in [0.25, 0.3) is 5.91 Å². The molecule has 4 rings (SSSR count). The van der Waals surface area contributed by atoms with Gasteiger partial charge in [0.2, 0.25) is 6.10 Å². The van der Waals surface area contributed by atoms with E-state index < -0.39 is 21.8 Å². The van der Waals surface area contributed by atoms with Gasteiger partial charge in [-0.1, -0.05) is 23.5 Å². The van der Waals surface area contributed by atoms with Crippen molar-refractivity contribution in [3.63, 3.8) is 0 Å². The zero-order valence-electron chi connectivity index (χ0n) is 16.4. The fourth-order valence-corrected chi connectivity index (χ4v) is 4.90. The van der Waals surface area contributed by atoms with Crippen molar-refractivity contribution < 1.29 is 27.4 Å².